The minimum Gasteiger partial charge on any atom is -0.309 e. The standard InChI is InChI=1S/C18H22BrN3O2S/c1-20(2)9-5-13-6-10-21(11-7-13)22-17-14(8-12-23)15(19)3-4-16(17)25-18(22)24/h3-4,8,13H,5-7,9-11H2,1-2H3. The predicted octanol–water partition coefficient (Wildman–Crippen LogP) is 2.97. The van der Waals surface area contributed by atoms with Gasteiger partial charge in [0.1, 0.15) is 5.94 Å². The fourth-order valence-corrected chi connectivity index (χ4v) is 4.74. The van der Waals surface area contributed by atoms with Gasteiger partial charge in [0.15, 0.2) is 0 Å². The van der Waals surface area contributed by atoms with Crippen LogP contribution in [0.2, 0.25) is 0 Å². The molecule has 3 rings (SSSR count). The van der Waals surface area contributed by atoms with E-state index in [9.17, 15) is 9.59 Å². The monoisotopic (exact) mass is 423 g/mol. The highest BCUT2D eigenvalue weighted by molar-refractivity contribution is 9.10. The average Bonchev–Trinajstić information content (AvgIpc) is 2.92. The lowest BCUT2D eigenvalue weighted by Gasteiger charge is -2.34. The van der Waals surface area contributed by atoms with Crippen LogP contribution in [0.4, 0.5) is 0 Å². The molecule has 0 radical (unpaired) electrons. The smallest absolute Gasteiger partial charge is 0.309 e. The first kappa shape index (κ1) is 18.4. The van der Waals surface area contributed by atoms with Crippen molar-refractivity contribution < 1.29 is 4.79 Å². The summed E-state index contributed by atoms with van der Waals surface area (Å²) < 4.78 is 3.45. The SMILES string of the molecule is CN(C)CCC1CCN(n2c(=O)sc3ccc(Br)c(C=C=O)c32)CC1. The molecule has 5 nitrogen and oxygen atoms in total. The van der Waals surface area contributed by atoms with Gasteiger partial charge < -0.3 is 9.91 Å². The van der Waals surface area contributed by atoms with Gasteiger partial charge in [-0.3, -0.25) is 4.79 Å². The summed E-state index contributed by atoms with van der Waals surface area (Å²) >= 11 is 4.71. The van der Waals surface area contributed by atoms with E-state index in [2.05, 4.69) is 39.9 Å². The summed E-state index contributed by atoms with van der Waals surface area (Å²) in [6.07, 6.45) is 4.78. The molecule has 1 saturated heterocycles. The maximum absolute atomic E-state index is 12.6. The topological polar surface area (TPSA) is 45.5 Å². The Morgan fingerprint density at radius 2 is 2.08 bits per heavy atom. The van der Waals surface area contributed by atoms with Crippen molar-refractivity contribution in [3.05, 3.63) is 31.8 Å². The van der Waals surface area contributed by atoms with E-state index >= 15 is 0 Å². The van der Waals surface area contributed by atoms with Gasteiger partial charge in [0.05, 0.1) is 10.2 Å². The first-order valence-corrected chi connectivity index (χ1v) is 10.1. The molecule has 7 heteroatoms. The van der Waals surface area contributed by atoms with Gasteiger partial charge in [0.2, 0.25) is 0 Å². The molecular formula is C18H22BrN3O2S. The van der Waals surface area contributed by atoms with Gasteiger partial charge in [-0.05, 0) is 58.0 Å². The number of carbonyl (C=O) groups excluding carboxylic acids is 1. The minimum absolute atomic E-state index is 0.000362. The fourth-order valence-electron chi connectivity index (χ4n) is 3.39. The first-order valence-electron chi connectivity index (χ1n) is 8.46. The van der Waals surface area contributed by atoms with Gasteiger partial charge >= 0.3 is 4.87 Å². The predicted molar refractivity (Wildman–Crippen MR) is 108 cm³/mol. The van der Waals surface area contributed by atoms with Gasteiger partial charge in [0, 0.05) is 29.2 Å². The van der Waals surface area contributed by atoms with Crippen LogP contribution < -0.4 is 9.88 Å². The third-order valence-corrected chi connectivity index (χ3v) is 6.36. The molecule has 0 unspecified atom stereocenters. The number of nitrogens with zero attached hydrogens (tertiary/aromatic N) is 3. The number of benzene rings is 1. The van der Waals surface area contributed by atoms with Crippen LogP contribution in [0, 0.1) is 5.92 Å². The minimum atomic E-state index is 0.000362. The van der Waals surface area contributed by atoms with Gasteiger partial charge in [-0.25, -0.2) is 9.47 Å². The maximum Gasteiger partial charge on any atom is 0.326 e. The Morgan fingerprint density at radius 1 is 1.36 bits per heavy atom. The molecule has 2 heterocycles. The second-order valence-corrected chi connectivity index (χ2v) is 8.59. The Hall–Kier alpha value is -1.40. The molecular weight excluding hydrogens is 402 g/mol. The van der Waals surface area contributed by atoms with Gasteiger partial charge in [-0.1, -0.05) is 27.3 Å². The molecule has 1 aromatic carbocycles. The van der Waals surface area contributed by atoms with E-state index < -0.39 is 0 Å². The summed E-state index contributed by atoms with van der Waals surface area (Å²) in [7, 11) is 4.21. The van der Waals surface area contributed by atoms with Crippen LogP contribution in [0.15, 0.2) is 21.4 Å². The number of thiazole rings is 1. The molecule has 0 amide bonds. The number of fused-ring (bicyclic) bond motifs is 1. The molecule has 2 aromatic rings. The summed E-state index contributed by atoms with van der Waals surface area (Å²) in [4.78, 5) is 25.8. The highest BCUT2D eigenvalue weighted by Crippen LogP contribution is 2.30. The Labute approximate surface area is 159 Å². The second kappa shape index (κ2) is 7.87. The largest absolute Gasteiger partial charge is 0.326 e. The molecule has 1 aliphatic heterocycles. The molecule has 1 fully saturated rings. The van der Waals surface area contributed by atoms with Crippen molar-refractivity contribution in [3.8, 4) is 0 Å². The summed E-state index contributed by atoms with van der Waals surface area (Å²) in [5.41, 5.74) is 1.53. The first-order chi connectivity index (χ1) is 12.0. The van der Waals surface area contributed by atoms with Crippen LogP contribution in [0.25, 0.3) is 16.3 Å². The lowest BCUT2D eigenvalue weighted by atomic mass is 9.94. The van der Waals surface area contributed by atoms with Crippen LogP contribution in [0.1, 0.15) is 24.8 Å². The van der Waals surface area contributed by atoms with Crippen molar-refractivity contribution in [2.75, 3.05) is 38.7 Å². The average molecular weight is 424 g/mol. The van der Waals surface area contributed by atoms with E-state index in [4.69, 9.17) is 0 Å². The highest BCUT2D eigenvalue weighted by Gasteiger charge is 2.23. The van der Waals surface area contributed by atoms with Crippen molar-refractivity contribution in [1.82, 2.24) is 9.58 Å². The zero-order valence-corrected chi connectivity index (χ0v) is 16.9. The van der Waals surface area contributed by atoms with Crippen LogP contribution >= 0.6 is 27.3 Å². The summed E-state index contributed by atoms with van der Waals surface area (Å²) in [6.45, 7) is 2.83. The molecule has 0 saturated carbocycles. The van der Waals surface area contributed by atoms with Crippen LogP contribution in [-0.2, 0) is 4.79 Å². The molecule has 0 aliphatic carbocycles. The normalized spacial score (nSPS) is 15.8. The van der Waals surface area contributed by atoms with E-state index in [1.54, 1.807) is 4.68 Å². The highest BCUT2D eigenvalue weighted by atomic mass is 79.9. The van der Waals surface area contributed by atoms with Crippen molar-refractivity contribution in [3.63, 3.8) is 0 Å². The Kier molecular flexibility index (Phi) is 5.79. The Bertz CT molecular complexity index is 859. The third-order valence-electron chi connectivity index (χ3n) is 4.77. The molecule has 134 valence electrons. The zero-order valence-electron chi connectivity index (χ0n) is 14.5. The summed E-state index contributed by atoms with van der Waals surface area (Å²) in [5.74, 6) is 2.56. The van der Waals surface area contributed by atoms with Gasteiger partial charge in [-0.2, -0.15) is 0 Å². The van der Waals surface area contributed by atoms with E-state index in [1.807, 2.05) is 18.1 Å². The van der Waals surface area contributed by atoms with Crippen LogP contribution in [-0.4, -0.2) is 49.2 Å². The Morgan fingerprint density at radius 3 is 2.72 bits per heavy atom. The molecule has 1 aromatic heterocycles. The Balaban J connectivity index is 1.90. The van der Waals surface area contributed by atoms with Crippen molar-refractivity contribution >= 4 is 49.5 Å². The summed E-state index contributed by atoms with van der Waals surface area (Å²) in [6, 6.07) is 3.80. The van der Waals surface area contributed by atoms with Crippen molar-refractivity contribution in [2.45, 2.75) is 19.3 Å². The summed E-state index contributed by atoms with van der Waals surface area (Å²) in [5, 5.41) is 2.13. The van der Waals surface area contributed by atoms with Crippen LogP contribution in [0.5, 0.6) is 0 Å². The molecule has 25 heavy (non-hydrogen) atoms. The number of hydrogen-bond acceptors (Lipinski definition) is 5. The van der Waals surface area contributed by atoms with E-state index in [0.717, 1.165) is 52.7 Å². The quantitative estimate of drug-likeness (QED) is 0.693. The maximum atomic E-state index is 12.6. The zero-order chi connectivity index (χ0) is 18.0. The molecule has 0 N–H and O–H groups in total. The molecule has 1 aliphatic rings. The molecule has 0 spiro atoms. The number of halogens is 1. The molecule has 0 atom stereocenters. The second-order valence-electron chi connectivity index (χ2n) is 6.74. The lowest BCUT2D eigenvalue weighted by Crippen LogP contribution is -2.45. The van der Waals surface area contributed by atoms with E-state index in [-0.39, 0.29) is 4.87 Å². The fraction of sp³-hybridized carbons (Fsp3) is 0.500. The van der Waals surface area contributed by atoms with E-state index in [1.165, 1.54) is 23.8 Å². The molecule has 0 bridgehead atoms. The van der Waals surface area contributed by atoms with Gasteiger partial charge in [0.25, 0.3) is 0 Å². The van der Waals surface area contributed by atoms with E-state index in [0.29, 0.717) is 5.92 Å². The van der Waals surface area contributed by atoms with Crippen molar-refractivity contribution in [2.24, 2.45) is 5.92 Å². The number of piperidine rings is 1. The third kappa shape index (κ3) is 3.90. The number of hydrogen-bond donors (Lipinski definition) is 0. The number of aromatic nitrogens is 1. The van der Waals surface area contributed by atoms with Crippen LogP contribution in [0.3, 0.4) is 0 Å². The van der Waals surface area contributed by atoms with Crippen molar-refractivity contribution in [1.29, 1.82) is 0 Å². The lowest BCUT2D eigenvalue weighted by molar-refractivity contribution is 0.298. The van der Waals surface area contributed by atoms with Gasteiger partial charge in [-0.15, -0.1) is 0 Å². The number of rotatable bonds is 5.